The maximum Gasteiger partial charge on any atom is 0.355 e. The number of carbonyl (C=O) groups excluding carboxylic acids is 3. The highest BCUT2D eigenvalue weighted by atomic mass is 32.1. The number of hydrogen-bond acceptors (Lipinski definition) is 7. The Bertz CT molecular complexity index is 680. The molecule has 0 spiro atoms. The van der Waals surface area contributed by atoms with Crippen molar-refractivity contribution in [1.29, 1.82) is 0 Å². The van der Waals surface area contributed by atoms with Crippen LogP contribution in [-0.2, 0) is 25.5 Å². The van der Waals surface area contributed by atoms with Crippen molar-refractivity contribution in [1.82, 2.24) is 9.97 Å². The highest BCUT2D eigenvalue weighted by Gasteiger charge is 2.13. The number of aromatic amines is 1. The number of hydrogen-bond donors (Lipinski definition) is 2. The topological polar surface area (TPSA) is 110 Å². The van der Waals surface area contributed by atoms with Crippen molar-refractivity contribution in [3.63, 3.8) is 0 Å². The summed E-state index contributed by atoms with van der Waals surface area (Å²) in [7, 11) is 0. The van der Waals surface area contributed by atoms with Crippen LogP contribution in [0.3, 0.4) is 0 Å². The van der Waals surface area contributed by atoms with Crippen LogP contribution >= 0.6 is 11.3 Å². The summed E-state index contributed by atoms with van der Waals surface area (Å²) in [4.78, 5) is 41.3. The molecule has 2 aromatic heterocycles. The van der Waals surface area contributed by atoms with Crippen molar-refractivity contribution in [3.8, 4) is 0 Å². The van der Waals surface area contributed by atoms with Gasteiger partial charge in [0.2, 0.25) is 0 Å². The molecule has 0 atom stereocenters. The first-order valence-electron chi connectivity index (χ1n) is 6.79. The van der Waals surface area contributed by atoms with Gasteiger partial charge in [-0.05, 0) is 19.1 Å². The molecule has 2 rings (SSSR count). The van der Waals surface area contributed by atoms with Crippen molar-refractivity contribution in [3.05, 3.63) is 35.1 Å². The summed E-state index contributed by atoms with van der Waals surface area (Å²) in [5, 5.41) is 4.47. The molecule has 2 N–H and O–H groups in total. The predicted octanol–water partition coefficient (Wildman–Crippen LogP) is 1.37. The van der Waals surface area contributed by atoms with E-state index in [4.69, 9.17) is 9.47 Å². The van der Waals surface area contributed by atoms with Crippen molar-refractivity contribution in [2.75, 3.05) is 18.5 Å². The molecule has 9 heteroatoms. The second kappa shape index (κ2) is 8.08. The Morgan fingerprint density at radius 1 is 1.35 bits per heavy atom. The normalized spacial score (nSPS) is 10.1. The number of thiazole rings is 1. The zero-order chi connectivity index (χ0) is 16.7. The Balaban J connectivity index is 1.78. The van der Waals surface area contributed by atoms with E-state index in [0.29, 0.717) is 17.4 Å². The summed E-state index contributed by atoms with van der Waals surface area (Å²) in [6.45, 7) is 1.60. The zero-order valence-corrected chi connectivity index (χ0v) is 13.1. The van der Waals surface area contributed by atoms with E-state index in [9.17, 15) is 14.4 Å². The van der Waals surface area contributed by atoms with E-state index in [1.54, 1.807) is 30.6 Å². The molecular formula is C14H15N3O5S. The largest absolute Gasteiger partial charge is 0.466 e. The van der Waals surface area contributed by atoms with Crippen LogP contribution in [0, 0.1) is 0 Å². The minimum absolute atomic E-state index is 0.0437. The Morgan fingerprint density at radius 3 is 2.87 bits per heavy atom. The number of anilines is 1. The molecule has 0 aliphatic carbocycles. The van der Waals surface area contributed by atoms with Crippen LogP contribution in [0.2, 0.25) is 0 Å². The third kappa shape index (κ3) is 5.22. The van der Waals surface area contributed by atoms with Crippen molar-refractivity contribution < 1.29 is 23.9 Å². The number of esters is 2. The van der Waals surface area contributed by atoms with Crippen molar-refractivity contribution >= 4 is 34.3 Å². The second-order valence-electron chi connectivity index (χ2n) is 4.33. The fourth-order valence-corrected chi connectivity index (χ4v) is 2.35. The fraction of sp³-hybridized carbons (Fsp3) is 0.286. The molecule has 122 valence electrons. The van der Waals surface area contributed by atoms with Crippen LogP contribution in [0.15, 0.2) is 23.7 Å². The molecule has 0 aliphatic heterocycles. The number of ether oxygens (including phenoxy) is 2. The van der Waals surface area contributed by atoms with Gasteiger partial charge in [0.25, 0.3) is 5.91 Å². The highest BCUT2D eigenvalue weighted by molar-refractivity contribution is 7.13. The van der Waals surface area contributed by atoms with E-state index < -0.39 is 18.5 Å². The Hall–Kier alpha value is -2.68. The first-order valence-corrected chi connectivity index (χ1v) is 7.67. The number of nitrogens with zero attached hydrogens (tertiary/aromatic N) is 1. The second-order valence-corrected chi connectivity index (χ2v) is 5.19. The highest BCUT2D eigenvalue weighted by Crippen LogP contribution is 2.16. The van der Waals surface area contributed by atoms with Gasteiger partial charge in [0.1, 0.15) is 5.69 Å². The lowest BCUT2D eigenvalue weighted by atomic mass is 10.3. The maximum absolute atomic E-state index is 11.7. The SMILES string of the molecule is CCOC(=O)Cc1csc(NC(=O)COC(=O)c2ccc[nH]2)n1. The Kier molecular flexibility index (Phi) is 5.87. The lowest BCUT2D eigenvalue weighted by molar-refractivity contribution is -0.142. The summed E-state index contributed by atoms with van der Waals surface area (Å²) >= 11 is 1.17. The van der Waals surface area contributed by atoms with Crippen molar-refractivity contribution in [2.24, 2.45) is 0 Å². The fourth-order valence-electron chi connectivity index (χ4n) is 1.63. The van der Waals surface area contributed by atoms with Crippen LogP contribution in [0.4, 0.5) is 5.13 Å². The van der Waals surface area contributed by atoms with E-state index in [1.165, 1.54) is 11.3 Å². The third-order valence-electron chi connectivity index (χ3n) is 2.58. The standard InChI is InChI=1S/C14H15N3O5S/c1-2-21-12(19)6-9-8-23-14(16-9)17-11(18)7-22-13(20)10-4-3-5-15-10/h3-5,8,15H,2,6-7H2,1H3,(H,16,17,18). The molecule has 0 fully saturated rings. The smallest absolute Gasteiger partial charge is 0.355 e. The molecule has 0 radical (unpaired) electrons. The molecule has 1 amide bonds. The summed E-state index contributed by atoms with van der Waals surface area (Å²) < 4.78 is 9.66. The molecule has 0 saturated carbocycles. The molecule has 23 heavy (non-hydrogen) atoms. The van der Waals surface area contributed by atoms with E-state index >= 15 is 0 Å². The monoisotopic (exact) mass is 337 g/mol. The van der Waals surface area contributed by atoms with Gasteiger partial charge in [-0.2, -0.15) is 0 Å². The molecule has 0 bridgehead atoms. The van der Waals surface area contributed by atoms with Crippen LogP contribution in [0.25, 0.3) is 0 Å². The van der Waals surface area contributed by atoms with Gasteiger partial charge in [-0.25, -0.2) is 9.78 Å². The van der Waals surface area contributed by atoms with Gasteiger partial charge in [-0.15, -0.1) is 11.3 Å². The van der Waals surface area contributed by atoms with E-state index in [-0.39, 0.29) is 18.1 Å². The molecule has 0 aromatic carbocycles. The minimum Gasteiger partial charge on any atom is -0.466 e. The number of H-pyrrole nitrogens is 1. The number of amides is 1. The lowest BCUT2D eigenvalue weighted by Crippen LogP contribution is -2.21. The summed E-state index contributed by atoms with van der Waals surface area (Å²) in [5.41, 5.74) is 0.774. The number of aromatic nitrogens is 2. The molecule has 8 nitrogen and oxygen atoms in total. The summed E-state index contributed by atoms with van der Waals surface area (Å²) in [6, 6.07) is 3.19. The number of nitrogens with one attached hydrogen (secondary N) is 2. The van der Waals surface area contributed by atoms with Gasteiger partial charge in [0, 0.05) is 11.6 Å². The molecule has 0 saturated heterocycles. The van der Waals surface area contributed by atoms with Gasteiger partial charge in [0.15, 0.2) is 11.7 Å². The summed E-state index contributed by atoms with van der Waals surface area (Å²) in [5.74, 6) is -1.51. The van der Waals surface area contributed by atoms with Gasteiger partial charge < -0.3 is 14.5 Å². The van der Waals surface area contributed by atoms with E-state index in [0.717, 1.165) is 0 Å². The van der Waals surface area contributed by atoms with Gasteiger partial charge in [0.05, 0.1) is 18.7 Å². The van der Waals surface area contributed by atoms with E-state index in [2.05, 4.69) is 15.3 Å². The van der Waals surface area contributed by atoms with Crippen LogP contribution in [-0.4, -0.2) is 41.0 Å². The number of rotatable bonds is 7. The first-order chi connectivity index (χ1) is 11.1. The van der Waals surface area contributed by atoms with Crippen LogP contribution < -0.4 is 5.32 Å². The predicted molar refractivity (Wildman–Crippen MR) is 82.2 cm³/mol. The van der Waals surface area contributed by atoms with Gasteiger partial charge in [-0.3, -0.25) is 14.9 Å². The third-order valence-corrected chi connectivity index (χ3v) is 3.39. The maximum atomic E-state index is 11.7. The molecular weight excluding hydrogens is 322 g/mol. The average Bonchev–Trinajstić information content (AvgIpc) is 3.17. The minimum atomic E-state index is -0.618. The molecule has 0 unspecified atom stereocenters. The van der Waals surface area contributed by atoms with Crippen LogP contribution in [0.5, 0.6) is 0 Å². The molecule has 2 aromatic rings. The Labute approximate surface area is 135 Å². The molecule has 0 aliphatic rings. The zero-order valence-electron chi connectivity index (χ0n) is 12.3. The quantitative estimate of drug-likeness (QED) is 0.738. The van der Waals surface area contributed by atoms with Crippen LogP contribution in [0.1, 0.15) is 23.1 Å². The Morgan fingerprint density at radius 2 is 2.17 bits per heavy atom. The molecule has 2 heterocycles. The van der Waals surface area contributed by atoms with Gasteiger partial charge in [-0.1, -0.05) is 0 Å². The average molecular weight is 337 g/mol. The van der Waals surface area contributed by atoms with Gasteiger partial charge >= 0.3 is 11.9 Å². The summed E-state index contributed by atoms with van der Waals surface area (Å²) in [6.07, 6.45) is 1.62. The van der Waals surface area contributed by atoms with E-state index in [1.807, 2.05) is 0 Å². The lowest BCUT2D eigenvalue weighted by Gasteiger charge is -2.03. The van der Waals surface area contributed by atoms with Crippen molar-refractivity contribution in [2.45, 2.75) is 13.3 Å². The number of carbonyl (C=O) groups is 3. The first kappa shape index (κ1) is 16.7.